The van der Waals surface area contributed by atoms with E-state index < -0.39 is 17.3 Å². The lowest BCUT2D eigenvalue weighted by molar-refractivity contribution is -0.530. The van der Waals surface area contributed by atoms with Crippen LogP contribution in [-0.2, 0) is 14.3 Å². The van der Waals surface area contributed by atoms with Crippen molar-refractivity contribution in [1.82, 2.24) is 0 Å². The van der Waals surface area contributed by atoms with Gasteiger partial charge in [-0.25, -0.2) is 4.79 Å². The van der Waals surface area contributed by atoms with Gasteiger partial charge in [0.25, 0.3) is 0 Å². The zero-order chi connectivity index (χ0) is 10.9. The molecule has 0 saturated heterocycles. The molecule has 0 aromatic carbocycles. The summed E-state index contributed by atoms with van der Waals surface area (Å²) in [5.41, 5.74) is -1.21. The Morgan fingerprint density at radius 2 is 2.21 bits per heavy atom. The minimum absolute atomic E-state index is 0.0602. The Morgan fingerprint density at radius 1 is 1.64 bits per heavy atom. The molecule has 0 N–H and O–H groups in total. The molecule has 0 saturated carbocycles. The third-order valence-corrected chi connectivity index (χ3v) is 2.08. The van der Waals surface area contributed by atoms with Gasteiger partial charge in [0.1, 0.15) is 0 Å². The number of rotatable bonds is 2. The second-order valence-corrected chi connectivity index (χ2v) is 3.78. The maximum Gasteiger partial charge on any atom is 0.408 e. The predicted molar refractivity (Wildman–Crippen MR) is 49.0 cm³/mol. The lowest BCUT2D eigenvalue weighted by Crippen LogP contribution is -2.32. The van der Waals surface area contributed by atoms with Crippen LogP contribution in [0.1, 0.15) is 27.2 Å². The van der Waals surface area contributed by atoms with Gasteiger partial charge >= 0.3 is 11.7 Å². The van der Waals surface area contributed by atoms with Gasteiger partial charge in [0.05, 0.1) is 13.0 Å². The molecule has 1 rings (SSSR count). The normalized spacial score (nSPS) is 20.1. The van der Waals surface area contributed by atoms with Crippen LogP contribution >= 0.6 is 0 Å². The van der Waals surface area contributed by atoms with Gasteiger partial charge in [-0.2, -0.15) is 4.74 Å². The predicted octanol–water partition coefficient (Wildman–Crippen LogP) is 0.252. The number of Topliss-reactive ketones (excluding diaryl/α,β-unsaturated/α-hetero) is 1. The molecule has 78 valence electrons. The molecule has 0 aromatic rings. The van der Waals surface area contributed by atoms with E-state index in [1.807, 2.05) is 0 Å². The SMILES string of the molecule is CCOC(=O)C1=[N+]([O-])C(C)(C)CC1=O. The summed E-state index contributed by atoms with van der Waals surface area (Å²) in [5, 5.41) is 11.5. The summed E-state index contributed by atoms with van der Waals surface area (Å²) >= 11 is 0. The average Bonchev–Trinajstić information content (AvgIpc) is 2.22. The molecule has 0 unspecified atom stereocenters. The number of carbonyl (C=O) groups is 2. The molecule has 14 heavy (non-hydrogen) atoms. The summed E-state index contributed by atoms with van der Waals surface area (Å²) in [6, 6.07) is 0. The van der Waals surface area contributed by atoms with E-state index in [9.17, 15) is 14.8 Å². The minimum Gasteiger partial charge on any atom is -0.623 e. The van der Waals surface area contributed by atoms with Gasteiger partial charge < -0.3 is 9.94 Å². The van der Waals surface area contributed by atoms with Crippen LogP contribution in [0.4, 0.5) is 0 Å². The number of ketones is 1. The highest BCUT2D eigenvalue weighted by Gasteiger charge is 2.47. The first-order chi connectivity index (χ1) is 6.40. The van der Waals surface area contributed by atoms with Crippen LogP contribution in [0.5, 0.6) is 0 Å². The van der Waals surface area contributed by atoms with Gasteiger partial charge in [-0.3, -0.25) is 4.79 Å². The molecule has 0 radical (unpaired) electrons. The summed E-state index contributed by atoms with van der Waals surface area (Å²) < 4.78 is 5.07. The first-order valence-electron chi connectivity index (χ1n) is 4.45. The van der Waals surface area contributed by atoms with Crippen molar-refractivity contribution in [3.05, 3.63) is 5.21 Å². The van der Waals surface area contributed by atoms with Crippen molar-refractivity contribution in [3.8, 4) is 0 Å². The Hall–Kier alpha value is -1.39. The lowest BCUT2D eigenvalue weighted by Gasteiger charge is -2.16. The summed E-state index contributed by atoms with van der Waals surface area (Å²) in [6.45, 7) is 5.01. The van der Waals surface area contributed by atoms with Crippen molar-refractivity contribution in [2.24, 2.45) is 0 Å². The van der Waals surface area contributed by atoms with Gasteiger partial charge in [-0.15, -0.1) is 0 Å². The zero-order valence-electron chi connectivity index (χ0n) is 8.49. The molecule has 0 atom stereocenters. The molecule has 0 spiro atoms. The second kappa shape index (κ2) is 3.40. The van der Waals surface area contributed by atoms with E-state index in [1.54, 1.807) is 20.8 Å². The maximum absolute atomic E-state index is 11.5. The van der Waals surface area contributed by atoms with Gasteiger partial charge in [0, 0.05) is 13.8 Å². The summed E-state index contributed by atoms with van der Waals surface area (Å²) in [4.78, 5) is 22.6. The van der Waals surface area contributed by atoms with Crippen molar-refractivity contribution >= 4 is 17.5 Å². The van der Waals surface area contributed by atoms with Crippen molar-refractivity contribution in [2.75, 3.05) is 6.61 Å². The minimum atomic E-state index is -0.834. The van der Waals surface area contributed by atoms with E-state index in [1.165, 1.54) is 0 Å². The fraction of sp³-hybridized carbons (Fsp3) is 0.667. The molecule has 0 aliphatic carbocycles. The number of nitrogens with zero attached hydrogens (tertiary/aromatic N) is 1. The fourth-order valence-corrected chi connectivity index (χ4v) is 1.36. The van der Waals surface area contributed by atoms with Crippen molar-refractivity contribution in [3.63, 3.8) is 0 Å². The molecule has 0 fully saturated rings. The highest BCUT2D eigenvalue weighted by atomic mass is 16.5. The van der Waals surface area contributed by atoms with E-state index in [0.29, 0.717) is 4.74 Å². The number of esters is 1. The van der Waals surface area contributed by atoms with E-state index >= 15 is 0 Å². The molecular weight excluding hydrogens is 186 g/mol. The Morgan fingerprint density at radius 3 is 2.57 bits per heavy atom. The summed E-state index contributed by atoms with van der Waals surface area (Å²) in [7, 11) is 0. The molecule has 1 aliphatic rings. The van der Waals surface area contributed by atoms with Crippen molar-refractivity contribution in [1.29, 1.82) is 0 Å². The van der Waals surface area contributed by atoms with Crippen molar-refractivity contribution < 1.29 is 19.1 Å². The zero-order valence-corrected chi connectivity index (χ0v) is 8.49. The van der Waals surface area contributed by atoms with Gasteiger partial charge in [-0.1, -0.05) is 0 Å². The van der Waals surface area contributed by atoms with Crippen LogP contribution in [0, 0.1) is 5.21 Å². The number of hydrogen-bond acceptors (Lipinski definition) is 4. The van der Waals surface area contributed by atoms with E-state index in [-0.39, 0.29) is 18.7 Å². The second-order valence-electron chi connectivity index (χ2n) is 3.78. The number of ether oxygens (including phenoxy) is 1. The van der Waals surface area contributed by atoms with Gasteiger partial charge in [0.2, 0.25) is 5.78 Å². The van der Waals surface area contributed by atoms with Crippen LogP contribution in [0.2, 0.25) is 0 Å². The Balaban J connectivity index is 3.02. The highest BCUT2D eigenvalue weighted by molar-refractivity contribution is 6.63. The first-order valence-corrected chi connectivity index (χ1v) is 4.45. The first kappa shape index (κ1) is 10.7. The molecule has 0 bridgehead atoms. The standard InChI is InChI=1S/C9H13NO4/c1-4-14-8(12)7-6(11)5-9(2,3)10(7)13/h4-5H2,1-3H3. The Bertz CT molecular complexity index is 317. The van der Waals surface area contributed by atoms with Crippen LogP contribution in [0.15, 0.2) is 0 Å². The fourth-order valence-electron chi connectivity index (χ4n) is 1.36. The van der Waals surface area contributed by atoms with E-state index in [4.69, 9.17) is 0 Å². The highest BCUT2D eigenvalue weighted by Crippen LogP contribution is 2.21. The number of hydroxylamine groups is 1. The molecule has 1 heterocycles. The largest absolute Gasteiger partial charge is 0.623 e. The van der Waals surface area contributed by atoms with Gasteiger partial charge in [0.15, 0.2) is 5.54 Å². The van der Waals surface area contributed by atoms with Crippen LogP contribution < -0.4 is 0 Å². The molecule has 1 aliphatic heterocycles. The number of carbonyl (C=O) groups excluding carboxylic acids is 2. The third-order valence-electron chi connectivity index (χ3n) is 2.08. The molecule has 5 heteroatoms. The maximum atomic E-state index is 11.5. The molecular formula is C9H13NO4. The van der Waals surface area contributed by atoms with Crippen LogP contribution in [0.3, 0.4) is 0 Å². The third kappa shape index (κ3) is 1.62. The smallest absolute Gasteiger partial charge is 0.408 e. The van der Waals surface area contributed by atoms with E-state index in [0.717, 1.165) is 0 Å². The Labute approximate surface area is 81.9 Å². The topological polar surface area (TPSA) is 69.4 Å². The molecule has 0 amide bonds. The monoisotopic (exact) mass is 199 g/mol. The lowest BCUT2D eigenvalue weighted by atomic mass is 10.0. The molecule has 0 aromatic heterocycles. The summed E-state index contributed by atoms with van der Waals surface area (Å²) in [6.07, 6.45) is 0.0602. The van der Waals surface area contributed by atoms with Gasteiger partial charge in [-0.05, 0) is 6.92 Å². The average molecular weight is 199 g/mol. The number of hydrogen-bond donors (Lipinski definition) is 0. The molecule has 5 nitrogen and oxygen atoms in total. The van der Waals surface area contributed by atoms with Crippen molar-refractivity contribution in [2.45, 2.75) is 32.7 Å². The van der Waals surface area contributed by atoms with E-state index in [2.05, 4.69) is 4.74 Å². The summed E-state index contributed by atoms with van der Waals surface area (Å²) in [5.74, 6) is -1.26. The van der Waals surface area contributed by atoms with Crippen LogP contribution in [-0.4, -0.2) is 34.3 Å². The van der Waals surface area contributed by atoms with Crippen LogP contribution in [0.25, 0.3) is 0 Å². The quantitative estimate of drug-likeness (QED) is 0.363. The Kier molecular flexibility index (Phi) is 2.59.